The van der Waals surface area contributed by atoms with E-state index in [0.717, 1.165) is 24.6 Å². The molecule has 0 aliphatic rings. The molecule has 0 spiro atoms. The molecular weight excluding hydrogens is 318 g/mol. The predicted octanol–water partition coefficient (Wildman–Crippen LogP) is 3.60. The van der Waals surface area contributed by atoms with Crippen LogP contribution in [0.5, 0.6) is 11.5 Å². The first-order chi connectivity index (χ1) is 11.8. The van der Waals surface area contributed by atoms with E-state index in [4.69, 9.17) is 9.47 Å². The molecule has 0 radical (unpaired) electrons. The van der Waals surface area contributed by atoms with Gasteiger partial charge in [0.25, 0.3) is 0 Å². The van der Waals surface area contributed by atoms with E-state index in [0.29, 0.717) is 6.61 Å². The van der Waals surface area contributed by atoms with Crippen LogP contribution in [0, 0.1) is 0 Å². The van der Waals surface area contributed by atoms with Crippen molar-refractivity contribution in [3.63, 3.8) is 0 Å². The van der Waals surface area contributed by atoms with Crippen molar-refractivity contribution in [2.24, 2.45) is 0 Å². The lowest BCUT2D eigenvalue weighted by molar-refractivity contribution is -0.686. The van der Waals surface area contributed by atoms with Crippen molar-refractivity contribution in [1.29, 1.82) is 0 Å². The second-order valence-electron chi connectivity index (χ2n) is 5.54. The van der Waals surface area contributed by atoms with Gasteiger partial charge in [0.15, 0.2) is 11.5 Å². The van der Waals surface area contributed by atoms with E-state index in [9.17, 15) is 0 Å². The van der Waals surface area contributed by atoms with E-state index < -0.39 is 0 Å². The Morgan fingerprint density at radius 1 is 0.875 bits per heavy atom. The number of methoxy groups -OCH3 is 1. The highest BCUT2D eigenvalue weighted by atomic mass is 32.1. The molecule has 0 saturated heterocycles. The van der Waals surface area contributed by atoms with Crippen LogP contribution in [0.25, 0.3) is 0 Å². The fraction of sp³-hybridized carbons (Fsp3) is 0.200. The van der Waals surface area contributed by atoms with Gasteiger partial charge in [0.2, 0.25) is 0 Å². The zero-order valence-corrected chi connectivity index (χ0v) is 14.6. The van der Waals surface area contributed by atoms with Crippen LogP contribution in [0.15, 0.2) is 66.0 Å². The number of nitrogens with two attached hydrogens (primary N) is 1. The van der Waals surface area contributed by atoms with Crippen LogP contribution in [-0.4, -0.2) is 7.11 Å². The quantitative estimate of drug-likeness (QED) is 0.680. The van der Waals surface area contributed by atoms with Crippen molar-refractivity contribution < 1.29 is 14.8 Å². The van der Waals surface area contributed by atoms with Crippen LogP contribution in [0.3, 0.4) is 0 Å². The maximum absolute atomic E-state index is 5.88. The number of hydrogen-bond donors (Lipinski definition) is 1. The molecule has 0 atom stereocenters. The molecule has 3 rings (SSSR count). The minimum absolute atomic E-state index is 0.577. The molecule has 0 bridgehead atoms. The molecule has 3 nitrogen and oxygen atoms in total. The van der Waals surface area contributed by atoms with Crippen molar-refractivity contribution in [1.82, 2.24) is 0 Å². The van der Waals surface area contributed by atoms with Gasteiger partial charge in [0.05, 0.1) is 7.11 Å². The molecule has 0 aliphatic heterocycles. The van der Waals surface area contributed by atoms with Crippen LogP contribution in [-0.2, 0) is 19.7 Å². The third kappa shape index (κ3) is 4.60. The SMILES string of the molecule is COc1cc(C[NH2+]Cc2ccccc2)ccc1OCc1cccs1. The molecule has 0 fully saturated rings. The normalized spacial score (nSPS) is 10.5. The van der Waals surface area contributed by atoms with Crippen LogP contribution in [0.2, 0.25) is 0 Å². The summed E-state index contributed by atoms with van der Waals surface area (Å²) in [4.78, 5) is 1.21. The van der Waals surface area contributed by atoms with E-state index in [1.54, 1.807) is 18.4 Å². The summed E-state index contributed by atoms with van der Waals surface area (Å²) in [6.45, 7) is 2.46. The van der Waals surface area contributed by atoms with Crippen molar-refractivity contribution in [2.45, 2.75) is 19.7 Å². The highest BCUT2D eigenvalue weighted by molar-refractivity contribution is 7.09. The van der Waals surface area contributed by atoms with Crippen LogP contribution in [0.4, 0.5) is 0 Å². The van der Waals surface area contributed by atoms with Crippen molar-refractivity contribution >= 4 is 11.3 Å². The lowest BCUT2D eigenvalue weighted by Crippen LogP contribution is -2.80. The summed E-state index contributed by atoms with van der Waals surface area (Å²) in [5, 5.41) is 4.35. The Hall–Kier alpha value is -2.30. The van der Waals surface area contributed by atoms with Gasteiger partial charge in [-0.15, -0.1) is 11.3 Å². The fourth-order valence-electron chi connectivity index (χ4n) is 2.52. The first-order valence-electron chi connectivity index (χ1n) is 8.03. The Morgan fingerprint density at radius 3 is 2.46 bits per heavy atom. The number of quaternary nitrogens is 1. The second-order valence-corrected chi connectivity index (χ2v) is 6.57. The molecule has 0 amide bonds. The molecule has 2 N–H and O–H groups in total. The lowest BCUT2D eigenvalue weighted by Gasteiger charge is -2.11. The molecule has 2 aromatic carbocycles. The molecule has 0 unspecified atom stereocenters. The molecule has 0 aliphatic carbocycles. The summed E-state index contributed by atoms with van der Waals surface area (Å²) in [5.41, 5.74) is 2.56. The second kappa shape index (κ2) is 8.52. The van der Waals surface area contributed by atoms with Crippen LogP contribution >= 0.6 is 11.3 Å². The minimum atomic E-state index is 0.577. The summed E-state index contributed by atoms with van der Waals surface area (Å²) in [6.07, 6.45) is 0. The standard InChI is InChI=1S/C20H21NO2S/c1-22-20-12-17(14-21-13-16-6-3-2-4-7-16)9-10-19(20)23-15-18-8-5-11-24-18/h2-12,21H,13-15H2,1H3/p+1. The Morgan fingerprint density at radius 2 is 1.71 bits per heavy atom. The van der Waals surface area contributed by atoms with Gasteiger partial charge in [-0.25, -0.2) is 0 Å². The van der Waals surface area contributed by atoms with E-state index in [-0.39, 0.29) is 0 Å². The molecule has 4 heteroatoms. The molecule has 1 heterocycles. The summed E-state index contributed by atoms with van der Waals surface area (Å²) in [5.74, 6) is 1.58. The van der Waals surface area contributed by atoms with Crippen molar-refractivity contribution in [3.05, 3.63) is 82.0 Å². The van der Waals surface area contributed by atoms with Crippen LogP contribution in [0.1, 0.15) is 16.0 Å². The summed E-state index contributed by atoms with van der Waals surface area (Å²) >= 11 is 1.70. The Bertz CT molecular complexity index is 742. The summed E-state index contributed by atoms with van der Waals surface area (Å²) in [7, 11) is 1.69. The first kappa shape index (κ1) is 16.6. The van der Waals surface area contributed by atoms with Gasteiger partial charge in [-0.1, -0.05) is 36.4 Å². The van der Waals surface area contributed by atoms with Gasteiger partial charge in [0.1, 0.15) is 19.7 Å². The van der Waals surface area contributed by atoms with E-state index in [1.807, 2.05) is 18.2 Å². The number of thiophene rings is 1. The lowest BCUT2D eigenvalue weighted by atomic mass is 10.2. The fourth-order valence-corrected chi connectivity index (χ4v) is 3.14. The van der Waals surface area contributed by atoms with Gasteiger partial charge in [0, 0.05) is 16.0 Å². The Kier molecular flexibility index (Phi) is 5.88. The molecule has 124 valence electrons. The van der Waals surface area contributed by atoms with E-state index in [1.165, 1.54) is 16.0 Å². The average Bonchev–Trinajstić information content (AvgIpc) is 3.15. The van der Waals surface area contributed by atoms with Crippen molar-refractivity contribution in [2.75, 3.05) is 7.11 Å². The van der Waals surface area contributed by atoms with E-state index >= 15 is 0 Å². The highest BCUT2D eigenvalue weighted by Gasteiger charge is 2.07. The maximum atomic E-state index is 5.88. The molecule has 3 aromatic rings. The van der Waals surface area contributed by atoms with Gasteiger partial charge < -0.3 is 14.8 Å². The molecule has 24 heavy (non-hydrogen) atoms. The predicted molar refractivity (Wildman–Crippen MR) is 97.4 cm³/mol. The monoisotopic (exact) mass is 340 g/mol. The third-order valence-electron chi connectivity index (χ3n) is 3.78. The highest BCUT2D eigenvalue weighted by Crippen LogP contribution is 2.29. The average molecular weight is 340 g/mol. The summed E-state index contributed by atoms with van der Waals surface area (Å²) in [6, 6.07) is 20.8. The topological polar surface area (TPSA) is 35.1 Å². The number of ether oxygens (including phenoxy) is 2. The largest absolute Gasteiger partial charge is 0.493 e. The minimum Gasteiger partial charge on any atom is -0.493 e. The van der Waals surface area contributed by atoms with Gasteiger partial charge in [-0.2, -0.15) is 0 Å². The molecular formula is C20H22NO2S+. The van der Waals surface area contributed by atoms with Crippen LogP contribution < -0.4 is 14.8 Å². The number of hydrogen-bond acceptors (Lipinski definition) is 3. The maximum Gasteiger partial charge on any atom is 0.161 e. The Labute approximate surface area is 146 Å². The van der Waals surface area contributed by atoms with Gasteiger partial charge in [-0.3, -0.25) is 0 Å². The first-order valence-corrected chi connectivity index (χ1v) is 8.91. The van der Waals surface area contributed by atoms with Crippen molar-refractivity contribution in [3.8, 4) is 11.5 Å². The van der Waals surface area contributed by atoms with E-state index in [2.05, 4.69) is 53.2 Å². The zero-order chi connectivity index (χ0) is 16.6. The smallest absolute Gasteiger partial charge is 0.161 e. The third-order valence-corrected chi connectivity index (χ3v) is 4.63. The molecule has 0 saturated carbocycles. The number of benzene rings is 2. The number of rotatable bonds is 8. The molecule has 1 aromatic heterocycles. The Balaban J connectivity index is 1.56. The summed E-state index contributed by atoms with van der Waals surface area (Å²) < 4.78 is 11.4. The van der Waals surface area contributed by atoms with Gasteiger partial charge >= 0.3 is 0 Å². The van der Waals surface area contributed by atoms with Gasteiger partial charge in [-0.05, 0) is 29.6 Å². The zero-order valence-electron chi connectivity index (χ0n) is 13.8.